The Kier molecular flexibility index (Phi) is 8.27. The van der Waals surface area contributed by atoms with Crippen molar-refractivity contribution < 1.29 is 14.3 Å². The third-order valence-corrected chi connectivity index (χ3v) is 2.04. The second-order valence-corrected chi connectivity index (χ2v) is 3.45. The van der Waals surface area contributed by atoms with Crippen molar-refractivity contribution in [1.82, 2.24) is 4.90 Å². The van der Waals surface area contributed by atoms with Crippen LogP contribution in [0.1, 0.15) is 13.3 Å². The highest BCUT2D eigenvalue weighted by Gasteiger charge is 2.16. The summed E-state index contributed by atoms with van der Waals surface area (Å²) in [7, 11) is 3.26. The van der Waals surface area contributed by atoms with Crippen LogP contribution in [0.4, 0.5) is 0 Å². The molecule has 5 heteroatoms. The first-order valence-electron chi connectivity index (χ1n) is 5.15. The second-order valence-electron chi connectivity index (χ2n) is 3.45. The Labute approximate surface area is 91.5 Å². The van der Waals surface area contributed by atoms with Gasteiger partial charge in [-0.3, -0.25) is 4.79 Å². The van der Waals surface area contributed by atoms with Crippen molar-refractivity contribution in [1.29, 1.82) is 0 Å². The summed E-state index contributed by atoms with van der Waals surface area (Å²) in [6.45, 7) is 4.12. The van der Waals surface area contributed by atoms with Crippen LogP contribution >= 0.6 is 0 Å². The second kappa shape index (κ2) is 8.64. The van der Waals surface area contributed by atoms with Gasteiger partial charge in [0.05, 0.1) is 12.6 Å². The molecule has 0 aliphatic carbocycles. The molecule has 0 heterocycles. The number of carbonyl (C=O) groups is 1. The molecule has 0 aromatic carbocycles. The molecule has 15 heavy (non-hydrogen) atoms. The van der Waals surface area contributed by atoms with E-state index in [1.165, 1.54) is 0 Å². The van der Waals surface area contributed by atoms with Gasteiger partial charge in [-0.2, -0.15) is 0 Å². The van der Waals surface area contributed by atoms with Crippen LogP contribution in [-0.4, -0.2) is 57.4 Å². The van der Waals surface area contributed by atoms with Crippen LogP contribution in [0.25, 0.3) is 0 Å². The number of hydrogen-bond acceptors (Lipinski definition) is 4. The third kappa shape index (κ3) is 6.43. The summed E-state index contributed by atoms with van der Waals surface area (Å²) in [4.78, 5) is 13.4. The minimum atomic E-state index is -0.454. The van der Waals surface area contributed by atoms with E-state index in [1.807, 2.05) is 0 Å². The summed E-state index contributed by atoms with van der Waals surface area (Å²) in [5.74, 6) is -0.0387. The first kappa shape index (κ1) is 14.3. The number of amides is 1. The molecule has 1 atom stereocenters. The van der Waals surface area contributed by atoms with E-state index >= 15 is 0 Å². The summed E-state index contributed by atoms with van der Waals surface area (Å²) in [5.41, 5.74) is 5.55. The van der Waals surface area contributed by atoms with Crippen molar-refractivity contribution in [2.24, 2.45) is 5.73 Å². The predicted molar refractivity (Wildman–Crippen MR) is 58.6 cm³/mol. The predicted octanol–water partition coefficient (Wildman–Crippen LogP) is -0.155. The van der Waals surface area contributed by atoms with E-state index in [4.69, 9.17) is 15.2 Å². The number of methoxy groups -OCH3 is 2. The van der Waals surface area contributed by atoms with Crippen LogP contribution in [0.2, 0.25) is 0 Å². The quantitative estimate of drug-likeness (QED) is 0.575. The van der Waals surface area contributed by atoms with Gasteiger partial charge in [0.15, 0.2) is 0 Å². The van der Waals surface area contributed by atoms with Crippen LogP contribution in [0.3, 0.4) is 0 Å². The fourth-order valence-electron chi connectivity index (χ4n) is 1.22. The molecule has 0 aliphatic heterocycles. The van der Waals surface area contributed by atoms with Gasteiger partial charge in [-0.15, -0.1) is 0 Å². The average Bonchev–Trinajstić information content (AvgIpc) is 2.22. The van der Waals surface area contributed by atoms with Crippen molar-refractivity contribution in [2.75, 3.05) is 40.5 Å². The summed E-state index contributed by atoms with van der Waals surface area (Å²) in [6.07, 6.45) is 0.818. The summed E-state index contributed by atoms with van der Waals surface area (Å²) >= 11 is 0. The molecule has 0 rings (SSSR count). The molecule has 0 radical (unpaired) electrons. The topological polar surface area (TPSA) is 64.8 Å². The monoisotopic (exact) mass is 218 g/mol. The molecular formula is C10H22N2O3. The molecule has 0 unspecified atom stereocenters. The van der Waals surface area contributed by atoms with Gasteiger partial charge in [0, 0.05) is 33.9 Å². The first-order chi connectivity index (χ1) is 7.13. The Balaban J connectivity index is 3.99. The van der Waals surface area contributed by atoms with Gasteiger partial charge in [0.2, 0.25) is 5.91 Å². The van der Waals surface area contributed by atoms with Gasteiger partial charge in [-0.25, -0.2) is 0 Å². The van der Waals surface area contributed by atoms with E-state index in [9.17, 15) is 4.79 Å². The SMILES string of the molecule is COCCCN(CCOC)C(=O)[C@@H](C)N. The van der Waals surface area contributed by atoms with E-state index in [2.05, 4.69) is 0 Å². The minimum absolute atomic E-state index is 0.0387. The van der Waals surface area contributed by atoms with Crippen LogP contribution in [0, 0.1) is 0 Å². The maximum absolute atomic E-state index is 11.6. The first-order valence-corrected chi connectivity index (χ1v) is 5.15. The van der Waals surface area contributed by atoms with Gasteiger partial charge in [0.1, 0.15) is 0 Å². The smallest absolute Gasteiger partial charge is 0.239 e. The Bertz CT molecular complexity index is 174. The van der Waals surface area contributed by atoms with E-state index in [-0.39, 0.29) is 5.91 Å². The number of nitrogens with two attached hydrogens (primary N) is 1. The lowest BCUT2D eigenvalue weighted by molar-refractivity contribution is -0.133. The molecule has 0 saturated carbocycles. The van der Waals surface area contributed by atoms with Crippen LogP contribution in [-0.2, 0) is 14.3 Å². The highest BCUT2D eigenvalue weighted by molar-refractivity contribution is 5.81. The van der Waals surface area contributed by atoms with Crippen LogP contribution < -0.4 is 5.73 Å². The van der Waals surface area contributed by atoms with Crippen LogP contribution in [0.5, 0.6) is 0 Å². The Morgan fingerprint density at radius 1 is 1.27 bits per heavy atom. The van der Waals surface area contributed by atoms with Crippen molar-refractivity contribution in [3.05, 3.63) is 0 Å². The molecule has 0 bridgehead atoms. The Morgan fingerprint density at radius 2 is 1.87 bits per heavy atom. The van der Waals surface area contributed by atoms with E-state index in [0.717, 1.165) is 6.42 Å². The Hall–Kier alpha value is -0.650. The number of rotatable bonds is 8. The number of carbonyl (C=O) groups excluding carboxylic acids is 1. The van der Waals surface area contributed by atoms with E-state index in [0.29, 0.717) is 26.3 Å². The molecule has 0 aromatic rings. The molecule has 0 aliphatic rings. The van der Waals surface area contributed by atoms with Crippen molar-refractivity contribution in [3.63, 3.8) is 0 Å². The Morgan fingerprint density at radius 3 is 2.33 bits per heavy atom. The van der Waals surface area contributed by atoms with Gasteiger partial charge >= 0.3 is 0 Å². The normalized spacial score (nSPS) is 12.5. The lowest BCUT2D eigenvalue weighted by Crippen LogP contribution is -2.44. The largest absolute Gasteiger partial charge is 0.385 e. The number of nitrogens with zero attached hydrogens (tertiary/aromatic N) is 1. The molecule has 0 fully saturated rings. The maximum atomic E-state index is 11.6. The van der Waals surface area contributed by atoms with Crippen LogP contribution in [0.15, 0.2) is 0 Å². The number of ether oxygens (including phenoxy) is 2. The van der Waals surface area contributed by atoms with Crippen molar-refractivity contribution in [3.8, 4) is 0 Å². The molecule has 0 saturated heterocycles. The highest BCUT2D eigenvalue weighted by atomic mass is 16.5. The highest BCUT2D eigenvalue weighted by Crippen LogP contribution is 1.96. The molecular weight excluding hydrogens is 196 g/mol. The summed E-state index contributed by atoms with van der Waals surface area (Å²) in [6, 6.07) is -0.454. The molecule has 0 spiro atoms. The van der Waals surface area contributed by atoms with Gasteiger partial charge < -0.3 is 20.1 Å². The fraction of sp³-hybridized carbons (Fsp3) is 0.900. The molecule has 2 N–H and O–H groups in total. The van der Waals surface area contributed by atoms with Gasteiger partial charge in [-0.05, 0) is 13.3 Å². The zero-order valence-corrected chi connectivity index (χ0v) is 9.86. The van der Waals surface area contributed by atoms with E-state index in [1.54, 1.807) is 26.0 Å². The van der Waals surface area contributed by atoms with Crippen molar-refractivity contribution in [2.45, 2.75) is 19.4 Å². The minimum Gasteiger partial charge on any atom is -0.385 e. The average molecular weight is 218 g/mol. The molecule has 1 amide bonds. The fourth-order valence-corrected chi connectivity index (χ4v) is 1.22. The third-order valence-electron chi connectivity index (χ3n) is 2.04. The molecule has 0 aromatic heterocycles. The maximum Gasteiger partial charge on any atom is 0.239 e. The van der Waals surface area contributed by atoms with E-state index < -0.39 is 6.04 Å². The molecule has 90 valence electrons. The zero-order valence-electron chi connectivity index (χ0n) is 9.86. The lowest BCUT2D eigenvalue weighted by Gasteiger charge is -2.23. The zero-order chi connectivity index (χ0) is 11.7. The number of hydrogen-bond donors (Lipinski definition) is 1. The molecule has 5 nitrogen and oxygen atoms in total. The summed E-state index contributed by atoms with van der Waals surface area (Å²) in [5, 5.41) is 0. The summed E-state index contributed by atoms with van der Waals surface area (Å²) < 4.78 is 9.88. The van der Waals surface area contributed by atoms with Gasteiger partial charge in [0.25, 0.3) is 0 Å². The standard InChI is InChI=1S/C10H22N2O3/c1-9(11)10(13)12(6-8-15-3)5-4-7-14-2/h9H,4-8,11H2,1-3H3/t9-/m1/s1. The lowest BCUT2D eigenvalue weighted by atomic mass is 10.3. The van der Waals surface area contributed by atoms with Gasteiger partial charge in [-0.1, -0.05) is 0 Å². The van der Waals surface area contributed by atoms with Crippen molar-refractivity contribution >= 4 is 5.91 Å².